The largest absolute Gasteiger partial charge is 0.481 e. The first kappa shape index (κ1) is 16.7. The van der Waals surface area contributed by atoms with Crippen LogP contribution in [0.2, 0.25) is 0 Å². The molecule has 0 saturated carbocycles. The summed E-state index contributed by atoms with van der Waals surface area (Å²) in [5.74, 6) is -0.693. The highest BCUT2D eigenvalue weighted by Crippen LogP contribution is 2.02. The Hall–Kier alpha value is -1.31. The SMILES string of the molecule is C/C=C\CC/C=C\CC/C=C\CCCCC(=O)O. The molecule has 102 valence electrons. The van der Waals surface area contributed by atoms with Crippen molar-refractivity contribution in [2.45, 2.75) is 58.3 Å². The van der Waals surface area contributed by atoms with Crippen molar-refractivity contribution in [2.75, 3.05) is 0 Å². The van der Waals surface area contributed by atoms with Crippen molar-refractivity contribution in [1.29, 1.82) is 0 Å². The Labute approximate surface area is 111 Å². The number of carbonyl (C=O) groups is 1. The molecule has 0 fully saturated rings. The second-order valence-corrected chi connectivity index (χ2v) is 4.31. The molecule has 0 aliphatic carbocycles. The zero-order chi connectivity index (χ0) is 13.5. The van der Waals surface area contributed by atoms with Gasteiger partial charge < -0.3 is 5.11 Å². The third-order valence-corrected chi connectivity index (χ3v) is 2.58. The molecule has 0 radical (unpaired) electrons. The highest BCUT2D eigenvalue weighted by molar-refractivity contribution is 5.66. The number of rotatable bonds is 11. The first-order valence-corrected chi connectivity index (χ1v) is 6.90. The average molecular weight is 250 g/mol. The highest BCUT2D eigenvalue weighted by atomic mass is 16.4. The molecule has 0 atom stereocenters. The van der Waals surface area contributed by atoms with Crippen LogP contribution in [0.3, 0.4) is 0 Å². The van der Waals surface area contributed by atoms with E-state index in [1.54, 1.807) is 0 Å². The summed E-state index contributed by atoms with van der Waals surface area (Å²) in [7, 11) is 0. The molecule has 0 bridgehead atoms. The summed E-state index contributed by atoms with van der Waals surface area (Å²) in [6, 6.07) is 0. The third-order valence-electron chi connectivity index (χ3n) is 2.58. The van der Waals surface area contributed by atoms with E-state index in [9.17, 15) is 4.79 Å². The van der Waals surface area contributed by atoms with Gasteiger partial charge in [-0.1, -0.05) is 36.5 Å². The molecule has 0 heterocycles. The minimum absolute atomic E-state index is 0.294. The fraction of sp³-hybridized carbons (Fsp3) is 0.562. The Morgan fingerprint density at radius 3 is 1.83 bits per heavy atom. The quantitative estimate of drug-likeness (QED) is 0.419. The summed E-state index contributed by atoms with van der Waals surface area (Å²) in [6.07, 6.45) is 20.6. The summed E-state index contributed by atoms with van der Waals surface area (Å²) in [5.41, 5.74) is 0. The van der Waals surface area contributed by atoms with Gasteiger partial charge in [0.2, 0.25) is 0 Å². The molecule has 0 aromatic carbocycles. The van der Waals surface area contributed by atoms with Crippen molar-refractivity contribution in [2.24, 2.45) is 0 Å². The van der Waals surface area contributed by atoms with Gasteiger partial charge in [-0.2, -0.15) is 0 Å². The molecule has 0 amide bonds. The number of allylic oxidation sites excluding steroid dienone is 6. The van der Waals surface area contributed by atoms with Crippen LogP contribution >= 0.6 is 0 Å². The van der Waals surface area contributed by atoms with Gasteiger partial charge in [0.1, 0.15) is 0 Å². The van der Waals surface area contributed by atoms with Crippen LogP contribution in [0.5, 0.6) is 0 Å². The van der Waals surface area contributed by atoms with Gasteiger partial charge in [-0.3, -0.25) is 4.79 Å². The minimum atomic E-state index is -0.693. The maximum Gasteiger partial charge on any atom is 0.303 e. The van der Waals surface area contributed by atoms with E-state index < -0.39 is 5.97 Å². The third kappa shape index (κ3) is 14.7. The number of carboxylic acid groups (broad SMARTS) is 1. The van der Waals surface area contributed by atoms with E-state index in [4.69, 9.17) is 5.11 Å². The standard InChI is InChI=1S/C16H26O2/c1-2-3-4-5-6-7-8-9-10-11-12-13-14-15-16(17)18/h2-3,6-7,10-11H,4-5,8-9,12-15H2,1H3,(H,17,18)/b3-2-,7-6-,11-10-. The van der Waals surface area contributed by atoms with E-state index in [0.717, 1.165) is 44.9 Å². The van der Waals surface area contributed by atoms with Crippen LogP contribution in [0, 0.1) is 0 Å². The Bertz CT molecular complexity index is 275. The Balaban J connectivity index is 3.24. The highest BCUT2D eigenvalue weighted by Gasteiger charge is 1.93. The van der Waals surface area contributed by atoms with E-state index in [1.807, 2.05) is 6.92 Å². The summed E-state index contributed by atoms with van der Waals surface area (Å²) >= 11 is 0. The maximum atomic E-state index is 10.3. The van der Waals surface area contributed by atoms with Gasteiger partial charge in [0.25, 0.3) is 0 Å². The zero-order valence-electron chi connectivity index (χ0n) is 11.5. The normalized spacial score (nSPS) is 12.1. The number of unbranched alkanes of at least 4 members (excludes halogenated alkanes) is 4. The molecule has 2 nitrogen and oxygen atoms in total. The number of hydrogen-bond acceptors (Lipinski definition) is 1. The van der Waals surface area contributed by atoms with Gasteiger partial charge >= 0.3 is 5.97 Å². The predicted octanol–water partition coefficient (Wildman–Crippen LogP) is 4.88. The number of hydrogen-bond donors (Lipinski definition) is 1. The molecule has 0 aromatic heterocycles. The van der Waals surface area contributed by atoms with Crippen molar-refractivity contribution >= 4 is 5.97 Å². The molecule has 18 heavy (non-hydrogen) atoms. The van der Waals surface area contributed by atoms with Crippen LogP contribution in [-0.4, -0.2) is 11.1 Å². The molecule has 0 aliphatic heterocycles. The van der Waals surface area contributed by atoms with Gasteiger partial charge in [-0.15, -0.1) is 0 Å². The lowest BCUT2D eigenvalue weighted by molar-refractivity contribution is -0.137. The number of carboxylic acids is 1. The first-order valence-electron chi connectivity index (χ1n) is 6.90. The Morgan fingerprint density at radius 1 is 0.833 bits per heavy atom. The molecule has 0 spiro atoms. The lowest BCUT2D eigenvalue weighted by atomic mass is 10.1. The zero-order valence-corrected chi connectivity index (χ0v) is 11.5. The van der Waals surface area contributed by atoms with Crippen molar-refractivity contribution < 1.29 is 9.90 Å². The average Bonchev–Trinajstić information content (AvgIpc) is 2.34. The summed E-state index contributed by atoms with van der Waals surface area (Å²) in [6.45, 7) is 2.05. The molecule has 1 N–H and O–H groups in total. The monoisotopic (exact) mass is 250 g/mol. The van der Waals surface area contributed by atoms with Crippen molar-refractivity contribution in [3.63, 3.8) is 0 Å². The lowest BCUT2D eigenvalue weighted by Crippen LogP contribution is -1.92. The van der Waals surface area contributed by atoms with Crippen LogP contribution in [0.15, 0.2) is 36.5 Å². The van der Waals surface area contributed by atoms with Crippen molar-refractivity contribution in [3.8, 4) is 0 Å². The fourth-order valence-corrected chi connectivity index (χ4v) is 1.56. The number of aliphatic carboxylic acids is 1. The smallest absolute Gasteiger partial charge is 0.303 e. The second-order valence-electron chi connectivity index (χ2n) is 4.31. The van der Waals surface area contributed by atoms with E-state index in [2.05, 4.69) is 36.5 Å². The molecule has 0 rings (SSSR count). The lowest BCUT2D eigenvalue weighted by Gasteiger charge is -1.93. The van der Waals surface area contributed by atoms with Gasteiger partial charge in [0, 0.05) is 6.42 Å². The molecule has 0 aliphatic rings. The Morgan fingerprint density at radius 2 is 1.33 bits per heavy atom. The van der Waals surface area contributed by atoms with Crippen molar-refractivity contribution in [1.82, 2.24) is 0 Å². The topological polar surface area (TPSA) is 37.3 Å². The molecular formula is C16H26O2. The second kappa shape index (κ2) is 13.8. The van der Waals surface area contributed by atoms with Crippen LogP contribution in [0.4, 0.5) is 0 Å². The molecule has 0 unspecified atom stereocenters. The summed E-state index contributed by atoms with van der Waals surface area (Å²) < 4.78 is 0. The minimum Gasteiger partial charge on any atom is -0.481 e. The Kier molecular flexibility index (Phi) is 12.8. The van der Waals surface area contributed by atoms with Gasteiger partial charge in [0.15, 0.2) is 0 Å². The molecule has 0 aromatic rings. The van der Waals surface area contributed by atoms with Crippen molar-refractivity contribution in [3.05, 3.63) is 36.5 Å². The maximum absolute atomic E-state index is 10.3. The molecule has 0 saturated heterocycles. The van der Waals surface area contributed by atoms with E-state index in [0.29, 0.717) is 6.42 Å². The van der Waals surface area contributed by atoms with E-state index in [-0.39, 0.29) is 0 Å². The predicted molar refractivity (Wildman–Crippen MR) is 77.7 cm³/mol. The fourth-order valence-electron chi connectivity index (χ4n) is 1.56. The van der Waals surface area contributed by atoms with Gasteiger partial charge in [-0.05, 0) is 51.9 Å². The van der Waals surface area contributed by atoms with Gasteiger partial charge in [0.05, 0.1) is 0 Å². The molecule has 2 heteroatoms. The van der Waals surface area contributed by atoms with Crippen LogP contribution in [-0.2, 0) is 4.79 Å². The van der Waals surface area contributed by atoms with Gasteiger partial charge in [-0.25, -0.2) is 0 Å². The van der Waals surface area contributed by atoms with Crippen LogP contribution in [0.1, 0.15) is 58.3 Å². The van der Waals surface area contributed by atoms with Crippen LogP contribution in [0.25, 0.3) is 0 Å². The summed E-state index contributed by atoms with van der Waals surface area (Å²) in [5, 5.41) is 8.46. The van der Waals surface area contributed by atoms with Crippen LogP contribution < -0.4 is 0 Å². The van der Waals surface area contributed by atoms with E-state index >= 15 is 0 Å². The van der Waals surface area contributed by atoms with E-state index in [1.165, 1.54) is 0 Å². The molecular weight excluding hydrogens is 224 g/mol. The first-order chi connectivity index (χ1) is 8.77. The summed E-state index contributed by atoms with van der Waals surface area (Å²) in [4.78, 5) is 10.3.